The number of nitrogens with zero attached hydrogens (tertiary/aromatic N) is 5. The highest BCUT2D eigenvalue weighted by Crippen LogP contribution is 2.36. The van der Waals surface area contributed by atoms with Crippen LogP contribution in [-0.2, 0) is 11.2 Å². The van der Waals surface area contributed by atoms with E-state index in [0.717, 1.165) is 30.4 Å². The predicted molar refractivity (Wildman–Crippen MR) is 177 cm³/mol. The van der Waals surface area contributed by atoms with Crippen LogP contribution in [0.3, 0.4) is 0 Å². The summed E-state index contributed by atoms with van der Waals surface area (Å²) in [6, 6.07) is 23.9. The van der Waals surface area contributed by atoms with Crippen LogP contribution in [0.5, 0.6) is 0 Å². The fraction of sp³-hybridized carbons (Fsp3) is 0.333. The van der Waals surface area contributed by atoms with Crippen molar-refractivity contribution in [3.8, 4) is 11.3 Å². The number of carbonyl (C=O) groups excluding carboxylic acids is 2. The molecule has 1 aliphatic heterocycles. The number of benzene rings is 3. The Bertz CT molecular complexity index is 1760. The summed E-state index contributed by atoms with van der Waals surface area (Å²) in [5.41, 5.74) is 2.76. The Balaban J connectivity index is 1.34. The first kappa shape index (κ1) is 32.4. The molecule has 1 saturated heterocycles. The van der Waals surface area contributed by atoms with E-state index in [0.29, 0.717) is 25.0 Å². The molecule has 1 saturated carbocycles. The molecule has 248 valence electrons. The standard InChI is InChI=1S/C36H37N5O7/c42-34(39-21-20-38(36(44)45)23-29(39)22-25-10-4-1-5-11-25)32-33(26-12-6-2-7-13-26)40(24-37-32)30-14-8-3-9-15-31(30)48-35(43)27-16-18-28(19-17-27)41(46)47/h1-2,4-7,10-13,16-19,24,29-31H,3,8-9,14-15,20-23H2,(H,44,45)/t29-,30+,31-/m1/s1. The van der Waals surface area contributed by atoms with Gasteiger partial charge in [0.05, 0.1) is 34.6 Å². The van der Waals surface area contributed by atoms with E-state index in [4.69, 9.17) is 9.72 Å². The quantitative estimate of drug-likeness (QED) is 0.102. The first-order valence-electron chi connectivity index (χ1n) is 16.2. The van der Waals surface area contributed by atoms with Crippen LogP contribution in [0.1, 0.15) is 64.6 Å². The van der Waals surface area contributed by atoms with E-state index in [2.05, 4.69) is 0 Å². The van der Waals surface area contributed by atoms with E-state index in [-0.39, 0.29) is 48.5 Å². The molecule has 1 N–H and O–H groups in total. The van der Waals surface area contributed by atoms with Gasteiger partial charge in [0.2, 0.25) is 0 Å². The summed E-state index contributed by atoms with van der Waals surface area (Å²) < 4.78 is 8.07. The first-order chi connectivity index (χ1) is 23.3. The Morgan fingerprint density at radius 1 is 0.896 bits per heavy atom. The van der Waals surface area contributed by atoms with Gasteiger partial charge in [0, 0.05) is 37.3 Å². The third kappa shape index (κ3) is 7.07. The zero-order chi connectivity index (χ0) is 33.6. The highest BCUT2D eigenvalue weighted by atomic mass is 16.6. The Morgan fingerprint density at radius 2 is 1.58 bits per heavy atom. The molecule has 6 rings (SSSR count). The number of esters is 1. The summed E-state index contributed by atoms with van der Waals surface area (Å²) in [5.74, 6) is -0.855. The summed E-state index contributed by atoms with van der Waals surface area (Å²) in [7, 11) is 0. The largest absolute Gasteiger partial charge is 0.465 e. The normalized spacial score (nSPS) is 19.7. The van der Waals surface area contributed by atoms with Gasteiger partial charge in [-0.05, 0) is 43.4 Å². The summed E-state index contributed by atoms with van der Waals surface area (Å²) in [5, 5.41) is 20.9. The summed E-state index contributed by atoms with van der Waals surface area (Å²) in [6.45, 7) is 0.598. The number of carboxylic acid groups (broad SMARTS) is 1. The summed E-state index contributed by atoms with van der Waals surface area (Å²) in [4.78, 5) is 58.1. The molecule has 2 aliphatic rings. The number of hydrogen-bond acceptors (Lipinski definition) is 7. The number of aromatic nitrogens is 2. The van der Waals surface area contributed by atoms with E-state index >= 15 is 0 Å². The zero-order valence-corrected chi connectivity index (χ0v) is 26.4. The van der Waals surface area contributed by atoms with Gasteiger partial charge in [0.25, 0.3) is 11.6 Å². The summed E-state index contributed by atoms with van der Waals surface area (Å²) >= 11 is 0. The number of amides is 2. The van der Waals surface area contributed by atoms with E-state index < -0.39 is 29.1 Å². The first-order valence-corrected chi connectivity index (χ1v) is 16.2. The molecule has 3 atom stereocenters. The number of non-ortho nitro benzene ring substituents is 1. The molecular formula is C36H37N5O7. The molecule has 0 radical (unpaired) electrons. The van der Waals surface area contributed by atoms with E-state index in [1.165, 1.54) is 29.2 Å². The van der Waals surface area contributed by atoms with E-state index in [9.17, 15) is 29.6 Å². The minimum absolute atomic E-state index is 0.114. The van der Waals surface area contributed by atoms with Crippen LogP contribution in [0.4, 0.5) is 10.5 Å². The van der Waals surface area contributed by atoms with Crippen molar-refractivity contribution in [3.63, 3.8) is 0 Å². The Kier molecular flexibility index (Phi) is 9.79. The second-order valence-electron chi connectivity index (χ2n) is 12.2. The Morgan fingerprint density at radius 3 is 2.27 bits per heavy atom. The fourth-order valence-electron chi connectivity index (χ4n) is 6.78. The lowest BCUT2D eigenvalue weighted by Crippen LogP contribution is -2.57. The molecule has 2 fully saturated rings. The molecule has 12 heteroatoms. The molecule has 2 amide bonds. The number of ether oxygens (including phenoxy) is 1. The number of hydrogen-bond donors (Lipinski definition) is 1. The SMILES string of the molecule is O=C(O[C@@H]1CCCCC[C@@H]1n1cnc(C(=O)N2CCN(C(=O)O)C[C@H]2Cc2ccccc2)c1-c1ccccc1)c1ccc([N+](=O)[O-])cc1. The lowest BCUT2D eigenvalue weighted by molar-refractivity contribution is -0.384. The fourth-order valence-corrected chi connectivity index (χ4v) is 6.78. The van der Waals surface area contributed by atoms with Crippen molar-refractivity contribution in [2.45, 2.75) is 56.7 Å². The van der Waals surface area contributed by atoms with Crippen molar-refractivity contribution in [3.05, 3.63) is 118 Å². The molecule has 0 spiro atoms. The third-order valence-electron chi connectivity index (χ3n) is 9.22. The molecule has 0 unspecified atom stereocenters. The zero-order valence-electron chi connectivity index (χ0n) is 26.4. The predicted octanol–water partition coefficient (Wildman–Crippen LogP) is 6.24. The van der Waals surface area contributed by atoms with E-state index in [1.54, 1.807) is 11.2 Å². The maximum Gasteiger partial charge on any atom is 0.407 e. The molecule has 4 aromatic rings. The van der Waals surface area contributed by atoms with Gasteiger partial charge in [0.15, 0.2) is 5.69 Å². The second kappa shape index (κ2) is 14.5. The number of nitro benzene ring substituents is 1. The third-order valence-corrected chi connectivity index (χ3v) is 9.22. The van der Waals surface area contributed by atoms with Crippen LogP contribution in [0.25, 0.3) is 11.3 Å². The lowest BCUT2D eigenvalue weighted by Gasteiger charge is -2.40. The summed E-state index contributed by atoms with van der Waals surface area (Å²) in [6.07, 6.45) is 4.59. The minimum Gasteiger partial charge on any atom is -0.465 e. The number of carbonyl (C=O) groups is 3. The average Bonchev–Trinajstić information content (AvgIpc) is 3.42. The number of rotatable bonds is 8. The average molecular weight is 652 g/mol. The molecule has 48 heavy (non-hydrogen) atoms. The van der Waals surface area contributed by atoms with Gasteiger partial charge in [-0.3, -0.25) is 14.9 Å². The van der Waals surface area contributed by atoms with Crippen LogP contribution < -0.4 is 0 Å². The molecule has 1 aliphatic carbocycles. The Labute approximate surface area is 277 Å². The second-order valence-corrected chi connectivity index (χ2v) is 12.2. The van der Waals surface area contributed by atoms with Crippen LogP contribution in [0.2, 0.25) is 0 Å². The van der Waals surface area contributed by atoms with Crippen LogP contribution in [0, 0.1) is 10.1 Å². The van der Waals surface area contributed by atoms with Gasteiger partial charge >= 0.3 is 12.1 Å². The minimum atomic E-state index is -1.02. The molecule has 0 bridgehead atoms. The molecule has 3 aromatic carbocycles. The maximum atomic E-state index is 14.5. The number of piperazine rings is 1. The molecular weight excluding hydrogens is 614 g/mol. The monoisotopic (exact) mass is 651 g/mol. The van der Waals surface area contributed by atoms with Crippen molar-refractivity contribution in [2.75, 3.05) is 19.6 Å². The maximum absolute atomic E-state index is 14.5. The van der Waals surface area contributed by atoms with Gasteiger partial charge in [-0.2, -0.15) is 0 Å². The number of imidazole rings is 1. The number of nitro groups is 1. The van der Waals surface area contributed by atoms with Crippen LogP contribution >= 0.6 is 0 Å². The topological polar surface area (TPSA) is 148 Å². The van der Waals surface area contributed by atoms with Gasteiger partial charge in [-0.15, -0.1) is 0 Å². The van der Waals surface area contributed by atoms with Gasteiger partial charge in [-0.25, -0.2) is 14.6 Å². The van der Waals surface area contributed by atoms with Crippen molar-refractivity contribution in [1.82, 2.24) is 19.4 Å². The van der Waals surface area contributed by atoms with Crippen molar-refractivity contribution in [1.29, 1.82) is 0 Å². The molecule has 1 aromatic heterocycles. The van der Waals surface area contributed by atoms with Crippen molar-refractivity contribution < 1.29 is 29.2 Å². The Hall–Kier alpha value is -5.52. The van der Waals surface area contributed by atoms with Crippen LogP contribution in [0.15, 0.2) is 91.3 Å². The van der Waals surface area contributed by atoms with Crippen molar-refractivity contribution in [2.24, 2.45) is 0 Å². The van der Waals surface area contributed by atoms with Gasteiger partial charge < -0.3 is 24.2 Å². The van der Waals surface area contributed by atoms with E-state index in [1.807, 2.05) is 65.2 Å². The smallest absolute Gasteiger partial charge is 0.407 e. The molecule has 2 heterocycles. The lowest BCUT2D eigenvalue weighted by atomic mass is 10.00. The highest BCUT2D eigenvalue weighted by molar-refractivity contribution is 5.98. The van der Waals surface area contributed by atoms with Crippen LogP contribution in [-0.4, -0.2) is 79.1 Å². The molecule has 12 nitrogen and oxygen atoms in total. The van der Waals surface area contributed by atoms with Gasteiger partial charge in [-0.1, -0.05) is 73.5 Å². The van der Waals surface area contributed by atoms with Gasteiger partial charge in [0.1, 0.15) is 6.10 Å². The van der Waals surface area contributed by atoms with Crippen molar-refractivity contribution >= 4 is 23.7 Å². The highest BCUT2D eigenvalue weighted by Gasteiger charge is 2.37.